The average Bonchev–Trinajstić information content (AvgIpc) is 3.36. The van der Waals surface area contributed by atoms with Crippen molar-refractivity contribution in [3.63, 3.8) is 0 Å². The smallest absolute Gasteiger partial charge is 0.363 e. The molecule has 2 aromatic carbocycles. The van der Waals surface area contributed by atoms with E-state index in [9.17, 15) is 22.8 Å². The van der Waals surface area contributed by atoms with Crippen molar-refractivity contribution in [2.24, 2.45) is 5.92 Å². The summed E-state index contributed by atoms with van der Waals surface area (Å²) in [6.45, 7) is 0. The maximum Gasteiger partial charge on any atom is 0.416 e. The summed E-state index contributed by atoms with van der Waals surface area (Å²) >= 11 is 0. The van der Waals surface area contributed by atoms with Gasteiger partial charge < -0.3 is 10.1 Å². The van der Waals surface area contributed by atoms with Crippen molar-refractivity contribution >= 4 is 23.4 Å². The Hall–Kier alpha value is -3.41. The Morgan fingerprint density at radius 1 is 1.21 bits per heavy atom. The van der Waals surface area contributed by atoms with Gasteiger partial charge in [-0.05, 0) is 35.2 Å². The van der Waals surface area contributed by atoms with Gasteiger partial charge in [0.2, 0.25) is 0 Å². The maximum atomic E-state index is 13.6. The van der Waals surface area contributed by atoms with Gasteiger partial charge in [0.15, 0.2) is 5.78 Å². The van der Waals surface area contributed by atoms with Crippen LogP contribution >= 0.6 is 0 Å². The van der Waals surface area contributed by atoms with Gasteiger partial charge in [-0.3, -0.25) is 4.79 Å². The van der Waals surface area contributed by atoms with E-state index in [1.807, 2.05) is 36.4 Å². The van der Waals surface area contributed by atoms with E-state index in [2.05, 4.69) is 5.32 Å². The van der Waals surface area contributed by atoms with Crippen LogP contribution in [0, 0.1) is 5.92 Å². The zero-order valence-electron chi connectivity index (χ0n) is 17.9. The fraction of sp³-hybridized carbons (Fsp3) is 0.269. The molecule has 0 spiro atoms. The average molecular weight is 453 g/mol. The second-order valence-electron chi connectivity index (χ2n) is 8.05. The number of ether oxygens (including phenoxy) is 1. The molecule has 3 unspecified atom stereocenters. The minimum absolute atomic E-state index is 0.176. The number of fused-ring (bicyclic) bond motifs is 1. The lowest BCUT2D eigenvalue weighted by atomic mass is 9.84. The summed E-state index contributed by atoms with van der Waals surface area (Å²) in [6, 6.07) is 12.6. The largest absolute Gasteiger partial charge is 0.416 e. The van der Waals surface area contributed by atoms with Gasteiger partial charge in [0, 0.05) is 42.7 Å². The van der Waals surface area contributed by atoms with Crippen molar-refractivity contribution in [2.45, 2.75) is 31.2 Å². The van der Waals surface area contributed by atoms with Crippen molar-refractivity contribution in [1.82, 2.24) is 5.32 Å². The third kappa shape index (κ3) is 4.56. The summed E-state index contributed by atoms with van der Waals surface area (Å²) in [5.74, 6) is 0.829. The number of Topliss-reactive ketones (excluding diaryl/α,β-unsaturated/α-hetero) is 1. The number of benzene rings is 2. The number of methoxy groups -OCH3 is 1. The number of hydrogen-bond donors (Lipinski definition) is 1. The molecule has 2 aromatic rings. The van der Waals surface area contributed by atoms with E-state index in [4.69, 9.17) is 4.74 Å². The zero-order valence-corrected chi connectivity index (χ0v) is 17.9. The molecule has 0 amide bonds. The highest BCUT2D eigenvalue weighted by atomic mass is 19.4. The highest BCUT2D eigenvalue weighted by Crippen LogP contribution is 2.45. The van der Waals surface area contributed by atoms with Crippen LogP contribution in [0.15, 0.2) is 66.4 Å². The van der Waals surface area contributed by atoms with E-state index in [1.165, 1.54) is 25.3 Å². The summed E-state index contributed by atoms with van der Waals surface area (Å²) < 4.78 is 45.4. The van der Waals surface area contributed by atoms with Crippen molar-refractivity contribution in [3.05, 3.63) is 88.6 Å². The number of ketones is 1. The monoisotopic (exact) mass is 453 g/mol. The fourth-order valence-corrected chi connectivity index (χ4v) is 4.53. The first-order valence-electron chi connectivity index (χ1n) is 10.5. The summed E-state index contributed by atoms with van der Waals surface area (Å²) in [6.07, 6.45) is 0.569. The highest BCUT2D eigenvalue weighted by molar-refractivity contribution is 6.25. The Morgan fingerprint density at radius 2 is 2.00 bits per heavy atom. The molecule has 1 N–H and O–H groups in total. The number of carbonyl (C=O) groups excluding carboxylic acids is 2. The molecule has 3 atom stereocenters. The standard InChI is InChI=1S/C26H22F3NO3/c1-33-23(10-5-13-31)30-22-15-21(20-12-11-16-6-2-3-9-19(16)20)25(32)24(22)17-7-4-8-18(14-17)26(27,28)29/h2-9,11-12,14,20-21,23,30H,10,15H2,1H3. The molecule has 33 heavy (non-hydrogen) atoms. The van der Waals surface area contributed by atoms with E-state index in [1.54, 1.807) is 5.94 Å². The number of hydrogen-bond acceptors (Lipinski definition) is 4. The van der Waals surface area contributed by atoms with E-state index < -0.39 is 23.9 Å². The normalized spacial score (nSPS) is 20.5. The van der Waals surface area contributed by atoms with Crippen LogP contribution in [-0.2, 0) is 20.5 Å². The lowest BCUT2D eigenvalue weighted by molar-refractivity contribution is -0.137. The predicted molar refractivity (Wildman–Crippen MR) is 119 cm³/mol. The van der Waals surface area contributed by atoms with Crippen LogP contribution < -0.4 is 5.32 Å². The quantitative estimate of drug-likeness (QED) is 0.465. The number of nitrogens with one attached hydrogen (secondary N) is 1. The van der Waals surface area contributed by atoms with Gasteiger partial charge in [-0.25, -0.2) is 4.79 Å². The van der Waals surface area contributed by atoms with Crippen LogP contribution in [0.1, 0.15) is 41.0 Å². The number of halogens is 3. The minimum Gasteiger partial charge on any atom is -0.363 e. The number of allylic oxidation sites excluding steroid dienone is 3. The number of rotatable bonds is 7. The molecule has 0 saturated carbocycles. The molecule has 0 fully saturated rings. The SMILES string of the molecule is COC(CC=C=O)NC1=C(c2cccc(C(F)(F)F)c2)C(=O)C(C2C=Cc3ccccc32)C1. The Kier molecular flexibility index (Phi) is 6.36. The van der Waals surface area contributed by atoms with Crippen LogP contribution in [0.2, 0.25) is 0 Å². The van der Waals surface area contributed by atoms with E-state index >= 15 is 0 Å². The summed E-state index contributed by atoms with van der Waals surface area (Å²) in [4.78, 5) is 24.3. The van der Waals surface area contributed by atoms with E-state index in [0.29, 0.717) is 12.1 Å². The van der Waals surface area contributed by atoms with Crippen LogP contribution in [0.3, 0.4) is 0 Å². The lowest BCUT2D eigenvalue weighted by Gasteiger charge is -2.20. The van der Waals surface area contributed by atoms with Crippen molar-refractivity contribution in [3.8, 4) is 0 Å². The van der Waals surface area contributed by atoms with Gasteiger partial charge in [0.1, 0.15) is 12.2 Å². The Bertz CT molecular complexity index is 1180. The van der Waals surface area contributed by atoms with Gasteiger partial charge in [-0.1, -0.05) is 48.6 Å². The second kappa shape index (κ2) is 9.22. The predicted octanol–water partition coefficient (Wildman–Crippen LogP) is 5.16. The van der Waals surface area contributed by atoms with Gasteiger partial charge in [0.05, 0.1) is 5.56 Å². The molecule has 2 aliphatic carbocycles. The van der Waals surface area contributed by atoms with Gasteiger partial charge in [-0.2, -0.15) is 13.2 Å². The third-order valence-corrected chi connectivity index (χ3v) is 6.09. The number of carbonyl (C=O) groups is 1. The first kappa shape index (κ1) is 22.8. The molecule has 4 rings (SSSR count). The molecule has 0 heterocycles. The zero-order chi connectivity index (χ0) is 23.6. The molecule has 0 saturated heterocycles. The van der Waals surface area contributed by atoms with Crippen LogP contribution in [-0.4, -0.2) is 25.1 Å². The summed E-state index contributed by atoms with van der Waals surface area (Å²) in [7, 11) is 1.45. The van der Waals surface area contributed by atoms with Gasteiger partial charge >= 0.3 is 6.18 Å². The van der Waals surface area contributed by atoms with Crippen LogP contribution in [0.25, 0.3) is 11.6 Å². The first-order valence-corrected chi connectivity index (χ1v) is 10.5. The van der Waals surface area contributed by atoms with Crippen LogP contribution in [0.5, 0.6) is 0 Å². The van der Waals surface area contributed by atoms with Crippen molar-refractivity contribution in [1.29, 1.82) is 0 Å². The van der Waals surface area contributed by atoms with Gasteiger partial charge in [0.25, 0.3) is 0 Å². The second-order valence-corrected chi connectivity index (χ2v) is 8.05. The first-order chi connectivity index (χ1) is 15.8. The van der Waals surface area contributed by atoms with Crippen LogP contribution in [0.4, 0.5) is 13.2 Å². The lowest BCUT2D eigenvalue weighted by Crippen LogP contribution is -2.30. The molecule has 2 aliphatic rings. The summed E-state index contributed by atoms with van der Waals surface area (Å²) in [5, 5.41) is 3.14. The Labute approximate surface area is 189 Å². The van der Waals surface area contributed by atoms with Gasteiger partial charge in [-0.15, -0.1) is 0 Å². The topological polar surface area (TPSA) is 55.4 Å². The minimum atomic E-state index is -4.53. The molecule has 4 nitrogen and oxygen atoms in total. The highest BCUT2D eigenvalue weighted by Gasteiger charge is 2.41. The maximum absolute atomic E-state index is 13.6. The number of alkyl halides is 3. The fourth-order valence-electron chi connectivity index (χ4n) is 4.53. The van der Waals surface area contributed by atoms with Crippen molar-refractivity contribution in [2.75, 3.05) is 7.11 Å². The van der Waals surface area contributed by atoms with E-state index in [-0.39, 0.29) is 29.3 Å². The molecule has 0 aromatic heterocycles. The third-order valence-electron chi connectivity index (χ3n) is 6.09. The molecule has 0 bridgehead atoms. The molecule has 0 aliphatic heterocycles. The Morgan fingerprint density at radius 3 is 2.73 bits per heavy atom. The molecule has 170 valence electrons. The van der Waals surface area contributed by atoms with E-state index in [0.717, 1.165) is 23.3 Å². The molecule has 0 radical (unpaired) electrons. The summed E-state index contributed by atoms with van der Waals surface area (Å²) in [5.41, 5.74) is 2.17. The molecular formula is C26H22F3NO3. The molecular weight excluding hydrogens is 431 g/mol. The van der Waals surface area contributed by atoms with Crippen molar-refractivity contribution < 1.29 is 27.5 Å². The Balaban J connectivity index is 1.74. The molecule has 7 heteroatoms.